The van der Waals surface area contributed by atoms with E-state index in [1.165, 1.54) is 209 Å². The van der Waals surface area contributed by atoms with Crippen molar-refractivity contribution in [3.8, 4) is 20.9 Å². The van der Waals surface area contributed by atoms with Gasteiger partial charge in [0.2, 0.25) is 0 Å². The van der Waals surface area contributed by atoms with E-state index in [2.05, 4.69) is 157 Å². The van der Waals surface area contributed by atoms with Crippen LogP contribution in [0.4, 0.5) is 0 Å². The molecule has 382 valence electrons. The Hall–Kier alpha value is -1.70. The molecule has 0 spiro atoms. The van der Waals surface area contributed by atoms with Crippen LogP contribution in [0.2, 0.25) is 0 Å². The van der Waals surface area contributed by atoms with Crippen LogP contribution in [0.1, 0.15) is 182 Å². The number of benzene rings is 1. The molecule has 0 nitrogen and oxygen atoms in total. The van der Waals surface area contributed by atoms with E-state index in [9.17, 15) is 0 Å². The molecule has 0 fully saturated rings. The molecule has 72 heavy (non-hydrogen) atoms. The molecule has 0 saturated carbocycles. The van der Waals surface area contributed by atoms with Gasteiger partial charge in [-0.1, -0.05) is 128 Å². The summed E-state index contributed by atoms with van der Waals surface area (Å²) in [6.45, 7) is 9.24. The molecule has 6 heterocycles. The van der Waals surface area contributed by atoms with Crippen LogP contribution >= 0.6 is 115 Å². The first-order valence-corrected chi connectivity index (χ1v) is 35.9. The second-order valence-electron chi connectivity index (χ2n) is 19.4. The Bertz CT molecular complexity index is 2730. The van der Waals surface area contributed by atoms with E-state index in [1.807, 2.05) is 68.9 Å². The highest BCUT2D eigenvalue weighted by atomic mass is 32.2. The lowest BCUT2D eigenvalue weighted by Gasteiger charge is -2.15. The monoisotopic (exact) mass is 1140 g/mol. The molecule has 0 N–H and O–H groups in total. The number of hydrogen-bond acceptors (Lipinski definition) is 10. The second-order valence-corrected chi connectivity index (χ2v) is 31.4. The predicted octanol–water partition coefficient (Wildman–Crippen LogP) is 23.5. The lowest BCUT2D eigenvalue weighted by molar-refractivity contribution is 0.670. The summed E-state index contributed by atoms with van der Waals surface area (Å²) in [5, 5.41) is 4.70. The van der Waals surface area contributed by atoms with E-state index < -0.39 is 0 Å². The van der Waals surface area contributed by atoms with Gasteiger partial charge in [0.1, 0.15) is 0 Å². The van der Waals surface area contributed by atoms with Crippen molar-refractivity contribution in [1.82, 2.24) is 0 Å². The van der Waals surface area contributed by atoms with E-state index in [0.29, 0.717) is 0 Å². The van der Waals surface area contributed by atoms with Crippen molar-refractivity contribution in [1.29, 1.82) is 0 Å². The molecule has 0 radical (unpaired) electrons. The maximum absolute atomic E-state index is 2.64. The molecule has 0 atom stereocenters. The van der Waals surface area contributed by atoms with Crippen molar-refractivity contribution < 1.29 is 0 Å². The first-order valence-electron chi connectivity index (χ1n) is 27.3. The molecule has 10 heteroatoms. The number of thioether (sulfide) groups is 4. The molecule has 2 aliphatic rings. The molecule has 0 aliphatic heterocycles. The number of hydrogen-bond donors (Lipinski definition) is 0. The smallest absolute Gasteiger partial charge is 0.0654 e. The fourth-order valence-electron chi connectivity index (χ4n) is 9.91. The van der Waals surface area contributed by atoms with Crippen LogP contribution in [-0.4, -0.2) is 11.5 Å². The van der Waals surface area contributed by atoms with Crippen LogP contribution < -0.4 is 0 Å². The van der Waals surface area contributed by atoms with Gasteiger partial charge in [0.25, 0.3) is 0 Å². The van der Waals surface area contributed by atoms with Gasteiger partial charge in [0, 0.05) is 88.2 Å². The Balaban J connectivity index is 1.05. The van der Waals surface area contributed by atoms with Crippen molar-refractivity contribution >= 4 is 126 Å². The maximum Gasteiger partial charge on any atom is 0.0654 e. The Kier molecular flexibility index (Phi) is 21.9. The van der Waals surface area contributed by atoms with Crippen molar-refractivity contribution in [2.45, 2.75) is 177 Å². The summed E-state index contributed by atoms with van der Waals surface area (Å²) in [7, 11) is 0. The Morgan fingerprint density at radius 2 is 0.708 bits per heavy atom. The highest BCUT2D eigenvalue weighted by Gasteiger charge is 2.35. The van der Waals surface area contributed by atoms with E-state index in [1.54, 1.807) is 19.5 Å². The first kappa shape index (κ1) is 55.1. The molecule has 0 saturated heterocycles. The minimum Gasteiger partial charge on any atom is -0.145 e. The molecule has 7 aromatic rings. The minimum atomic E-state index is 1.11. The number of unbranched alkanes of at least 4 members (excludes halogenated alkanes) is 12. The highest BCUT2D eigenvalue weighted by Crippen LogP contribution is 2.60. The fraction of sp³-hybridized carbons (Fsp3) is 0.452. The Morgan fingerprint density at radius 1 is 0.347 bits per heavy atom. The number of rotatable bonds is 32. The van der Waals surface area contributed by atoms with Crippen LogP contribution in [0.15, 0.2) is 100 Å². The predicted molar refractivity (Wildman–Crippen MR) is 338 cm³/mol. The van der Waals surface area contributed by atoms with Gasteiger partial charge in [-0.3, -0.25) is 0 Å². The zero-order chi connectivity index (χ0) is 49.5. The van der Waals surface area contributed by atoms with Gasteiger partial charge >= 0.3 is 0 Å². The first-order chi connectivity index (χ1) is 35.5. The van der Waals surface area contributed by atoms with E-state index in [4.69, 9.17) is 0 Å². The van der Waals surface area contributed by atoms with E-state index in [-0.39, 0.29) is 0 Å². The van der Waals surface area contributed by atoms with Crippen molar-refractivity contribution in [2.24, 2.45) is 0 Å². The van der Waals surface area contributed by atoms with Gasteiger partial charge in [-0.25, -0.2) is 0 Å². The topological polar surface area (TPSA) is 0 Å². The van der Waals surface area contributed by atoms with Gasteiger partial charge < -0.3 is 0 Å². The Morgan fingerprint density at radius 3 is 1.11 bits per heavy atom. The van der Waals surface area contributed by atoms with Crippen LogP contribution in [0.3, 0.4) is 0 Å². The second kappa shape index (κ2) is 28.6. The molecule has 1 aromatic carbocycles. The van der Waals surface area contributed by atoms with Crippen LogP contribution in [0.25, 0.3) is 32.0 Å². The summed E-state index contributed by atoms with van der Waals surface area (Å²) < 4.78 is 5.77. The van der Waals surface area contributed by atoms with Gasteiger partial charge in [-0.15, -0.1) is 91.5 Å². The molecule has 6 aromatic heterocycles. The van der Waals surface area contributed by atoms with Gasteiger partial charge in [-0.05, 0) is 159 Å². The molecule has 2 aliphatic carbocycles. The molecule has 0 amide bonds. The SMILES string of the molecule is CCCCCCc1ccc(CCSC(SCCc2ccc(CCCCCC)s2)=C2c3cc4c(cc3-c3sccc32)C(=C(Sc2ccc(CCCCCC)s2)Sc2ccc(CCCCCC)s2)c2ccsc2-4)s1. The summed E-state index contributed by atoms with van der Waals surface area (Å²) in [6.07, 6.45) is 28.2. The van der Waals surface area contributed by atoms with E-state index in [0.717, 1.165) is 24.3 Å². The standard InChI is InChI=1S/C62H74S10/c1-5-9-13-17-21-43-25-27-47(67-43)33-37-65-61(66-38-34-48-28-26-44(68-48)22-18-14-10-6-2)57-49-35-39-63-59(49)53-42-52-54(41-51(53)57)60-50(36-40-64-60)58(52)62(71-55-31-29-45(69-55)23-19-15-11-7-3)72-56-32-30-46(70-56)24-20-16-12-8-4/h25-32,35-36,39-42H,5-24,33-34,37-38H2,1-4H3. The quantitative estimate of drug-likeness (QED) is 0.0304. The molecular formula is C62H74S10. The average molecular weight is 1140 g/mol. The molecule has 0 unspecified atom stereocenters. The third-order valence-electron chi connectivity index (χ3n) is 13.8. The summed E-state index contributed by atoms with van der Waals surface area (Å²) in [4.78, 5) is 12.2. The van der Waals surface area contributed by atoms with Gasteiger partial charge in [-0.2, -0.15) is 0 Å². The molecular weight excluding hydrogens is 1070 g/mol. The summed E-state index contributed by atoms with van der Waals surface area (Å²) in [6, 6.07) is 29.5. The van der Waals surface area contributed by atoms with Crippen LogP contribution in [-0.2, 0) is 38.5 Å². The van der Waals surface area contributed by atoms with Crippen LogP contribution in [0.5, 0.6) is 0 Å². The summed E-state index contributed by atoms with van der Waals surface area (Å²) in [5.74, 6) is 2.21. The zero-order valence-corrected chi connectivity index (χ0v) is 51.3. The van der Waals surface area contributed by atoms with E-state index >= 15 is 0 Å². The normalized spacial score (nSPS) is 12.6. The number of aryl methyl sites for hydroxylation is 6. The summed E-state index contributed by atoms with van der Waals surface area (Å²) >= 11 is 20.4. The third kappa shape index (κ3) is 14.5. The average Bonchev–Trinajstić information content (AvgIpc) is 4.25. The maximum atomic E-state index is 2.64. The van der Waals surface area contributed by atoms with Crippen molar-refractivity contribution in [3.05, 3.63) is 144 Å². The number of thiophene rings is 6. The summed E-state index contributed by atoms with van der Waals surface area (Å²) in [5.41, 5.74) is 11.5. The lowest BCUT2D eigenvalue weighted by Crippen LogP contribution is -1.93. The van der Waals surface area contributed by atoms with Crippen molar-refractivity contribution in [3.63, 3.8) is 0 Å². The third-order valence-corrected chi connectivity index (χ3v) is 25.4. The van der Waals surface area contributed by atoms with Gasteiger partial charge in [0.15, 0.2) is 0 Å². The molecule has 9 rings (SSSR count). The molecule has 0 bridgehead atoms. The van der Waals surface area contributed by atoms with Crippen LogP contribution in [0, 0.1) is 0 Å². The Labute approximate surface area is 474 Å². The fourth-order valence-corrected chi connectivity index (χ4v) is 22.1. The van der Waals surface area contributed by atoms with Crippen molar-refractivity contribution in [2.75, 3.05) is 11.5 Å². The van der Waals surface area contributed by atoms with Gasteiger partial charge in [0.05, 0.1) is 12.7 Å². The minimum absolute atomic E-state index is 1.11. The lowest BCUT2D eigenvalue weighted by atomic mass is 9.98. The zero-order valence-electron chi connectivity index (χ0n) is 43.1. The largest absolute Gasteiger partial charge is 0.145 e. The number of fused-ring (bicyclic) bond motifs is 6. The highest BCUT2D eigenvalue weighted by molar-refractivity contribution is 8.24.